The predicted molar refractivity (Wildman–Crippen MR) is 214 cm³/mol. The van der Waals surface area contributed by atoms with Gasteiger partial charge >= 0.3 is 12.3 Å². The van der Waals surface area contributed by atoms with E-state index >= 15 is 4.79 Å². The summed E-state index contributed by atoms with van der Waals surface area (Å²) in [7, 11) is -4.52. The summed E-state index contributed by atoms with van der Waals surface area (Å²) in [5.74, 6) is -4.88. The molecule has 3 aromatic rings. The van der Waals surface area contributed by atoms with Gasteiger partial charge in [-0.05, 0) is 89.3 Å². The van der Waals surface area contributed by atoms with E-state index < -0.39 is 99.1 Å². The van der Waals surface area contributed by atoms with Crippen molar-refractivity contribution < 1.29 is 55.0 Å². The van der Waals surface area contributed by atoms with Gasteiger partial charge in [0.2, 0.25) is 33.5 Å². The van der Waals surface area contributed by atoms with E-state index in [1.165, 1.54) is 6.92 Å². The zero-order valence-electron chi connectivity index (χ0n) is 34.1. The molecule has 2 saturated carbocycles. The standard InChI is InChI=1S/C40H48ClF4N7O8S/c1-21-8-6-7-9-24-17-39(24,34(55)49-61(58,59)38(20-42)12-13-38)48-31(53)29-16-26(60-32-27-15-25(41)10-11-28(27)51-18-23(3)46-35(51)47-32)19-50(29)33(54)30(22(2)14-21)52(36(56)57)37(4,5)40(43,44)45/h7,9-11,15,18,21-22,24,26,29-30H,6,8,12-14,16-17,19-20H2,1-5H3,(H,48,53)(H,49,55)(H,56,57)/t21-,22+,24+,26+,29-,30-,39+/m0/s1. The molecule has 3 N–H and O–H groups in total. The number of carbonyl (C=O) groups is 4. The van der Waals surface area contributed by atoms with E-state index in [0.717, 1.165) is 4.90 Å². The first-order chi connectivity index (χ1) is 28.4. The maximum Gasteiger partial charge on any atom is 0.411 e. The molecule has 4 amide bonds. The lowest BCUT2D eigenvalue weighted by Crippen LogP contribution is -2.66. The third kappa shape index (κ3) is 7.97. The third-order valence-electron chi connectivity index (χ3n) is 12.7. The van der Waals surface area contributed by atoms with Crippen molar-refractivity contribution in [2.24, 2.45) is 17.8 Å². The molecule has 2 aromatic heterocycles. The van der Waals surface area contributed by atoms with Gasteiger partial charge in [0.15, 0.2) is 0 Å². The molecule has 3 fully saturated rings. The molecule has 21 heteroatoms. The lowest BCUT2D eigenvalue weighted by Gasteiger charge is -2.45. The quantitative estimate of drug-likeness (QED) is 0.186. The molecular formula is C40H48ClF4N7O8S. The Morgan fingerprint density at radius 3 is 2.49 bits per heavy atom. The molecule has 7 rings (SSSR count). The van der Waals surface area contributed by atoms with E-state index in [4.69, 9.17) is 16.3 Å². The topological polar surface area (TPSA) is 193 Å². The van der Waals surface area contributed by atoms with Crippen LogP contribution >= 0.6 is 11.6 Å². The van der Waals surface area contributed by atoms with Crippen LogP contribution in [-0.4, -0.2) is 115 Å². The summed E-state index contributed by atoms with van der Waals surface area (Å²) in [6, 6.07) is 1.43. The number of aromatic nitrogens is 3. The molecule has 0 unspecified atom stereocenters. The maximum atomic E-state index is 15.1. The summed E-state index contributed by atoms with van der Waals surface area (Å²) in [4.78, 5) is 66.8. The molecule has 2 aliphatic carbocycles. The zero-order chi connectivity index (χ0) is 44.6. The number of sulfonamides is 1. The number of hydrogen-bond donors (Lipinski definition) is 3. The second kappa shape index (κ2) is 15.6. The van der Waals surface area contributed by atoms with Crippen LogP contribution in [0.5, 0.6) is 5.88 Å². The Labute approximate surface area is 354 Å². The number of carboxylic acid groups (broad SMARTS) is 1. The van der Waals surface area contributed by atoms with E-state index in [1.807, 2.05) is 11.6 Å². The number of alkyl halides is 4. The molecule has 4 heterocycles. The van der Waals surface area contributed by atoms with Gasteiger partial charge in [0.1, 0.15) is 40.7 Å². The first-order valence-electron chi connectivity index (χ1n) is 20.1. The van der Waals surface area contributed by atoms with Gasteiger partial charge in [0.25, 0.3) is 5.91 Å². The van der Waals surface area contributed by atoms with Gasteiger partial charge in [-0.1, -0.05) is 37.6 Å². The van der Waals surface area contributed by atoms with Crippen molar-refractivity contribution in [1.82, 2.24) is 34.2 Å². The summed E-state index contributed by atoms with van der Waals surface area (Å²) in [5, 5.41) is 13.9. The number of carbonyl (C=O) groups excluding carboxylic acids is 3. The number of ether oxygens (including phenoxy) is 1. The van der Waals surface area contributed by atoms with Gasteiger partial charge in [-0.15, -0.1) is 0 Å². The fourth-order valence-electron chi connectivity index (χ4n) is 8.77. The Kier molecular flexibility index (Phi) is 11.3. The summed E-state index contributed by atoms with van der Waals surface area (Å²) in [5.41, 5.74) is -3.71. The van der Waals surface area contributed by atoms with Gasteiger partial charge in [-0.3, -0.25) is 28.4 Å². The van der Waals surface area contributed by atoms with Crippen molar-refractivity contribution in [2.45, 2.75) is 120 Å². The smallest absolute Gasteiger partial charge is 0.411 e. The maximum absolute atomic E-state index is 15.1. The van der Waals surface area contributed by atoms with Gasteiger partial charge in [-0.25, -0.2) is 22.6 Å². The van der Waals surface area contributed by atoms with Crippen LogP contribution in [0.3, 0.4) is 0 Å². The van der Waals surface area contributed by atoms with Crippen LogP contribution in [0.25, 0.3) is 16.7 Å². The molecular weight excluding hydrogens is 850 g/mol. The van der Waals surface area contributed by atoms with E-state index in [2.05, 4.69) is 15.3 Å². The number of amides is 4. The monoisotopic (exact) mass is 897 g/mol. The van der Waals surface area contributed by atoms with Crippen LogP contribution in [0.1, 0.15) is 78.3 Å². The van der Waals surface area contributed by atoms with Gasteiger partial charge in [-0.2, -0.15) is 18.2 Å². The molecule has 0 bridgehead atoms. The highest BCUT2D eigenvalue weighted by Crippen LogP contribution is 2.48. The van der Waals surface area contributed by atoms with Crippen molar-refractivity contribution in [1.29, 1.82) is 0 Å². The number of imidazole rings is 1. The molecule has 61 heavy (non-hydrogen) atoms. The molecule has 0 spiro atoms. The van der Waals surface area contributed by atoms with E-state index in [-0.39, 0.29) is 54.6 Å². The van der Waals surface area contributed by atoms with Crippen molar-refractivity contribution in [2.75, 3.05) is 13.2 Å². The van der Waals surface area contributed by atoms with Crippen molar-refractivity contribution in [3.05, 3.63) is 47.3 Å². The van der Waals surface area contributed by atoms with Crippen molar-refractivity contribution in [3.63, 3.8) is 0 Å². The first-order valence-corrected chi connectivity index (χ1v) is 21.9. The number of rotatable bonds is 8. The predicted octanol–water partition coefficient (Wildman–Crippen LogP) is 5.72. The van der Waals surface area contributed by atoms with Gasteiger partial charge in [0, 0.05) is 23.6 Å². The lowest BCUT2D eigenvalue weighted by atomic mass is 9.85. The number of benzene rings is 1. The van der Waals surface area contributed by atoms with Crippen LogP contribution in [0.4, 0.5) is 22.4 Å². The Morgan fingerprint density at radius 1 is 1.15 bits per heavy atom. The summed E-state index contributed by atoms with van der Waals surface area (Å²) in [6.07, 6.45) is -2.46. The molecule has 1 aromatic carbocycles. The molecule has 332 valence electrons. The van der Waals surface area contributed by atoms with E-state index in [0.29, 0.717) is 48.3 Å². The Balaban J connectivity index is 1.31. The number of nitrogens with zero attached hydrogens (tertiary/aromatic N) is 5. The van der Waals surface area contributed by atoms with Crippen LogP contribution in [-0.2, 0) is 24.4 Å². The molecule has 15 nitrogen and oxygen atoms in total. The number of halogens is 5. The van der Waals surface area contributed by atoms with Crippen molar-refractivity contribution in [3.8, 4) is 5.88 Å². The van der Waals surface area contributed by atoms with Crippen molar-refractivity contribution >= 4 is 62.1 Å². The lowest BCUT2D eigenvalue weighted by molar-refractivity contribution is -0.222. The number of aryl methyl sites for hydroxylation is 1. The van der Waals surface area contributed by atoms with Gasteiger partial charge in [0.05, 0.1) is 23.1 Å². The number of nitrogens with one attached hydrogen (secondary N) is 2. The Bertz CT molecular complexity index is 2430. The number of hydrogen-bond acceptors (Lipinski definition) is 9. The molecule has 7 atom stereocenters. The second-order valence-corrected chi connectivity index (χ2v) is 20.1. The Hall–Kier alpha value is -4.72. The highest BCUT2D eigenvalue weighted by Gasteiger charge is 2.64. The summed E-state index contributed by atoms with van der Waals surface area (Å²) >= 11 is 6.39. The number of allylic oxidation sites excluding steroid dienone is 1. The first kappa shape index (κ1) is 44.3. The fourth-order valence-corrected chi connectivity index (χ4v) is 10.4. The zero-order valence-corrected chi connectivity index (χ0v) is 35.7. The largest absolute Gasteiger partial charge is 0.472 e. The average molecular weight is 898 g/mol. The Morgan fingerprint density at radius 2 is 1.85 bits per heavy atom. The summed E-state index contributed by atoms with van der Waals surface area (Å²) < 4.78 is 93.0. The van der Waals surface area contributed by atoms with E-state index in [9.17, 15) is 45.5 Å². The van der Waals surface area contributed by atoms with Crippen LogP contribution < -0.4 is 14.8 Å². The van der Waals surface area contributed by atoms with E-state index in [1.54, 1.807) is 47.9 Å². The fraction of sp³-hybridized carbons (Fsp3) is 0.600. The average Bonchev–Trinajstić information content (AvgIpc) is 4.02. The second-order valence-electron chi connectivity index (χ2n) is 17.6. The number of fused-ring (bicyclic) bond motifs is 5. The van der Waals surface area contributed by atoms with Crippen LogP contribution in [0.2, 0.25) is 5.02 Å². The molecule has 2 aliphatic heterocycles. The third-order valence-corrected chi connectivity index (χ3v) is 15.1. The molecule has 4 aliphatic rings. The minimum absolute atomic E-state index is 0.00488. The normalized spacial score (nSPS) is 28.3. The highest BCUT2D eigenvalue weighted by atomic mass is 35.5. The van der Waals surface area contributed by atoms with Crippen LogP contribution in [0, 0.1) is 24.7 Å². The molecule has 0 radical (unpaired) electrons. The summed E-state index contributed by atoms with van der Waals surface area (Å²) in [6.45, 7) is 4.74. The molecule has 1 saturated heterocycles. The van der Waals surface area contributed by atoms with Gasteiger partial charge < -0.3 is 20.1 Å². The minimum atomic E-state index is -5.13. The highest BCUT2D eigenvalue weighted by molar-refractivity contribution is 7.91. The SMILES string of the molecule is Cc1cn2c(n1)nc(O[C@@H]1C[C@H]3C(=O)N[C@]4(C(=O)NS(=O)(=O)C5(CF)CC5)C[C@H]4C=CCC[C@H](C)C[C@@H](C)[C@H](N(C(=O)O)C(C)(C)C(F)(F)F)C(=O)N3C1)c1cc(Cl)ccc12. The minimum Gasteiger partial charge on any atom is -0.472 e. The van der Waals surface area contributed by atoms with Crippen LogP contribution in [0.15, 0.2) is 36.5 Å².